The van der Waals surface area contributed by atoms with Crippen LogP contribution in [0.5, 0.6) is 5.75 Å². The first-order valence-corrected chi connectivity index (χ1v) is 5.10. The molecule has 0 fully saturated rings. The van der Waals surface area contributed by atoms with Crippen LogP contribution in [-0.4, -0.2) is 34.6 Å². The molecule has 0 unspecified atom stereocenters. The van der Waals surface area contributed by atoms with E-state index >= 15 is 0 Å². The lowest BCUT2D eigenvalue weighted by atomic mass is 10.2. The first-order valence-electron chi connectivity index (χ1n) is 5.10. The first-order chi connectivity index (χ1) is 8.00. The average Bonchev–Trinajstić information content (AvgIpc) is 2.25. The average molecular weight is 238 g/mol. The van der Waals surface area contributed by atoms with Crippen LogP contribution < -0.4 is 10.1 Å². The number of rotatable bonds is 5. The van der Waals surface area contributed by atoms with Crippen molar-refractivity contribution >= 4 is 11.9 Å². The van der Waals surface area contributed by atoms with Gasteiger partial charge in [-0.05, 0) is 19.9 Å². The molecule has 0 bridgehead atoms. The van der Waals surface area contributed by atoms with Crippen molar-refractivity contribution < 1.29 is 19.4 Å². The Morgan fingerprint density at radius 1 is 1.53 bits per heavy atom. The lowest BCUT2D eigenvalue weighted by Crippen LogP contribution is -2.34. The maximum atomic E-state index is 11.3. The third kappa shape index (κ3) is 4.10. The lowest BCUT2D eigenvalue weighted by molar-refractivity contribution is -0.123. The summed E-state index contributed by atoms with van der Waals surface area (Å²) in [6.07, 6.45) is 2.62. The van der Waals surface area contributed by atoms with Crippen molar-refractivity contribution in [1.82, 2.24) is 10.3 Å². The highest BCUT2D eigenvalue weighted by Gasteiger charge is 2.12. The molecule has 0 aromatic carbocycles. The van der Waals surface area contributed by atoms with Gasteiger partial charge >= 0.3 is 5.97 Å². The largest absolute Gasteiger partial charge is 0.481 e. The molecule has 1 rings (SSSR count). The third-order valence-corrected chi connectivity index (χ3v) is 1.82. The van der Waals surface area contributed by atoms with Crippen LogP contribution >= 0.6 is 0 Å². The number of hydrogen-bond donors (Lipinski definition) is 2. The minimum absolute atomic E-state index is 0.0129. The van der Waals surface area contributed by atoms with Gasteiger partial charge < -0.3 is 15.2 Å². The molecule has 0 atom stereocenters. The summed E-state index contributed by atoms with van der Waals surface area (Å²) >= 11 is 0. The van der Waals surface area contributed by atoms with E-state index in [0.717, 1.165) is 0 Å². The smallest absolute Gasteiger partial charge is 0.339 e. The zero-order valence-corrected chi connectivity index (χ0v) is 9.64. The van der Waals surface area contributed by atoms with Crippen LogP contribution in [-0.2, 0) is 4.79 Å². The van der Waals surface area contributed by atoms with Crippen molar-refractivity contribution in [3.63, 3.8) is 0 Å². The quantitative estimate of drug-likeness (QED) is 0.787. The molecule has 0 aliphatic carbocycles. The molecule has 2 N–H and O–H groups in total. The van der Waals surface area contributed by atoms with Crippen LogP contribution in [0.15, 0.2) is 18.5 Å². The fourth-order valence-electron chi connectivity index (χ4n) is 1.18. The van der Waals surface area contributed by atoms with Gasteiger partial charge in [0.1, 0.15) is 5.56 Å². The Morgan fingerprint density at radius 3 is 2.82 bits per heavy atom. The molecule has 1 aromatic heterocycles. The number of carbonyl (C=O) groups excluding carboxylic acids is 1. The van der Waals surface area contributed by atoms with Crippen LogP contribution in [0.3, 0.4) is 0 Å². The monoisotopic (exact) mass is 238 g/mol. The van der Waals surface area contributed by atoms with Gasteiger partial charge in [-0.2, -0.15) is 0 Å². The van der Waals surface area contributed by atoms with E-state index < -0.39 is 5.97 Å². The number of nitrogens with zero attached hydrogens (tertiary/aromatic N) is 1. The molecule has 0 spiro atoms. The summed E-state index contributed by atoms with van der Waals surface area (Å²) in [5.41, 5.74) is -0.0163. The fourth-order valence-corrected chi connectivity index (χ4v) is 1.18. The SMILES string of the molecule is CC(C)NC(=O)COc1cnccc1C(=O)O. The van der Waals surface area contributed by atoms with Gasteiger partial charge in [-0.15, -0.1) is 0 Å². The predicted molar refractivity (Wildman–Crippen MR) is 60.0 cm³/mol. The van der Waals surface area contributed by atoms with E-state index in [2.05, 4.69) is 10.3 Å². The van der Waals surface area contributed by atoms with E-state index in [9.17, 15) is 9.59 Å². The molecule has 0 saturated carbocycles. The van der Waals surface area contributed by atoms with Crippen LogP contribution in [0.2, 0.25) is 0 Å². The van der Waals surface area contributed by atoms with E-state index in [1.807, 2.05) is 13.8 Å². The van der Waals surface area contributed by atoms with Crippen LogP contribution in [0, 0.1) is 0 Å². The van der Waals surface area contributed by atoms with Gasteiger partial charge in [0.2, 0.25) is 0 Å². The number of pyridine rings is 1. The third-order valence-electron chi connectivity index (χ3n) is 1.82. The van der Waals surface area contributed by atoms with Crippen molar-refractivity contribution in [2.24, 2.45) is 0 Å². The van der Waals surface area contributed by atoms with Crippen LogP contribution in [0.1, 0.15) is 24.2 Å². The van der Waals surface area contributed by atoms with Gasteiger partial charge in [0.25, 0.3) is 5.91 Å². The summed E-state index contributed by atoms with van der Waals surface area (Å²) in [6, 6.07) is 1.33. The summed E-state index contributed by atoms with van der Waals surface area (Å²) in [5, 5.41) is 11.5. The van der Waals surface area contributed by atoms with Gasteiger partial charge in [-0.1, -0.05) is 0 Å². The molecule has 6 heteroatoms. The molecule has 6 nitrogen and oxygen atoms in total. The topological polar surface area (TPSA) is 88.5 Å². The second kappa shape index (κ2) is 5.83. The number of aromatic carboxylic acids is 1. The standard InChI is InChI=1S/C11H14N2O4/c1-7(2)13-10(14)6-17-9-5-12-4-3-8(9)11(15)16/h3-5,7H,6H2,1-2H3,(H,13,14)(H,15,16). The number of nitrogens with one attached hydrogen (secondary N) is 1. The molecule has 0 saturated heterocycles. The minimum atomic E-state index is -1.12. The Balaban J connectivity index is 2.63. The van der Waals surface area contributed by atoms with E-state index in [0.29, 0.717) is 0 Å². The van der Waals surface area contributed by atoms with Crippen molar-refractivity contribution in [3.05, 3.63) is 24.0 Å². The summed E-state index contributed by atoms with van der Waals surface area (Å²) in [7, 11) is 0. The Kier molecular flexibility index (Phi) is 4.45. The number of amides is 1. The maximum Gasteiger partial charge on any atom is 0.339 e. The summed E-state index contributed by atoms with van der Waals surface area (Å²) in [4.78, 5) is 25.9. The van der Waals surface area contributed by atoms with Crippen molar-refractivity contribution in [2.75, 3.05) is 6.61 Å². The number of carbonyl (C=O) groups is 2. The van der Waals surface area contributed by atoms with Crippen LogP contribution in [0.25, 0.3) is 0 Å². The van der Waals surface area contributed by atoms with Crippen molar-refractivity contribution in [1.29, 1.82) is 0 Å². The summed E-state index contributed by atoms with van der Waals surface area (Å²) in [5.74, 6) is -1.34. The first kappa shape index (κ1) is 13.0. The zero-order chi connectivity index (χ0) is 12.8. The van der Waals surface area contributed by atoms with Crippen LogP contribution in [0.4, 0.5) is 0 Å². The van der Waals surface area contributed by atoms with Gasteiger partial charge in [0, 0.05) is 12.2 Å². The molecule has 1 heterocycles. The Bertz CT molecular complexity index is 418. The lowest BCUT2D eigenvalue weighted by Gasteiger charge is -2.10. The van der Waals surface area contributed by atoms with E-state index in [1.54, 1.807) is 0 Å². The second-order valence-electron chi connectivity index (χ2n) is 3.69. The molecule has 92 valence electrons. The number of carboxylic acid groups (broad SMARTS) is 1. The van der Waals surface area contributed by atoms with Crippen molar-refractivity contribution in [2.45, 2.75) is 19.9 Å². The minimum Gasteiger partial charge on any atom is -0.481 e. The molecular formula is C11H14N2O4. The molecule has 1 aromatic rings. The normalized spacial score (nSPS) is 10.1. The number of aromatic nitrogens is 1. The molecule has 0 aliphatic rings. The molecule has 0 radical (unpaired) electrons. The summed E-state index contributed by atoms with van der Waals surface area (Å²) < 4.78 is 5.11. The Morgan fingerprint density at radius 2 is 2.24 bits per heavy atom. The van der Waals surface area contributed by atoms with Gasteiger partial charge in [-0.25, -0.2) is 4.79 Å². The molecule has 17 heavy (non-hydrogen) atoms. The molecule has 0 aliphatic heterocycles. The number of carboxylic acids is 1. The zero-order valence-electron chi connectivity index (χ0n) is 9.64. The number of hydrogen-bond acceptors (Lipinski definition) is 4. The Hall–Kier alpha value is -2.11. The molecule has 1 amide bonds. The number of ether oxygens (including phenoxy) is 1. The highest BCUT2D eigenvalue weighted by atomic mass is 16.5. The van der Waals surface area contributed by atoms with E-state index in [-0.39, 0.29) is 29.9 Å². The van der Waals surface area contributed by atoms with E-state index in [4.69, 9.17) is 9.84 Å². The second-order valence-corrected chi connectivity index (χ2v) is 3.69. The van der Waals surface area contributed by atoms with Gasteiger partial charge in [0.15, 0.2) is 12.4 Å². The highest BCUT2D eigenvalue weighted by Crippen LogP contribution is 2.15. The predicted octanol–water partition coefficient (Wildman–Crippen LogP) is 0.683. The van der Waals surface area contributed by atoms with Gasteiger partial charge in [-0.3, -0.25) is 9.78 Å². The fraction of sp³-hybridized carbons (Fsp3) is 0.364. The molecular weight excluding hydrogens is 224 g/mol. The summed E-state index contributed by atoms with van der Waals surface area (Å²) in [6.45, 7) is 3.42. The van der Waals surface area contributed by atoms with Crippen molar-refractivity contribution in [3.8, 4) is 5.75 Å². The van der Waals surface area contributed by atoms with E-state index in [1.165, 1.54) is 18.5 Å². The Labute approximate surface area is 98.6 Å². The maximum absolute atomic E-state index is 11.3. The highest BCUT2D eigenvalue weighted by molar-refractivity contribution is 5.90. The van der Waals surface area contributed by atoms with Gasteiger partial charge in [0.05, 0.1) is 6.20 Å².